The summed E-state index contributed by atoms with van der Waals surface area (Å²) in [4.78, 5) is 12.3. The zero-order valence-corrected chi connectivity index (χ0v) is 15.0. The van der Waals surface area contributed by atoms with E-state index in [1.165, 1.54) is 14.2 Å². The number of furan rings is 1. The van der Waals surface area contributed by atoms with E-state index in [9.17, 15) is 4.79 Å². The molecule has 0 saturated carbocycles. The zero-order chi connectivity index (χ0) is 19.1. The average molecular weight is 369 g/mol. The van der Waals surface area contributed by atoms with Crippen molar-refractivity contribution >= 4 is 5.91 Å². The van der Waals surface area contributed by atoms with Crippen LogP contribution in [0, 0.1) is 0 Å². The first-order valence-corrected chi connectivity index (χ1v) is 8.22. The number of hydrogen-bond donors (Lipinski definition) is 1. The van der Waals surface area contributed by atoms with Crippen LogP contribution < -0.4 is 19.5 Å². The van der Waals surface area contributed by atoms with Crippen molar-refractivity contribution in [1.82, 2.24) is 15.5 Å². The van der Waals surface area contributed by atoms with Gasteiger partial charge in [0.1, 0.15) is 12.3 Å². The van der Waals surface area contributed by atoms with Crippen molar-refractivity contribution in [3.63, 3.8) is 0 Å². The quantitative estimate of drug-likeness (QED) is 0.610. The van der Waals surface area contributed by atoms with Gasteiger partial charge in [-0.25, -0.2) is 0 Å². The number of aromatic nitrogens is 2. The lowest BCUT2D eigenvalue weighted by Gasteiger charge is -2.12. The lowest BCUT2D eigenvalue weighted by Crippen LogP contribution is -2.28. The normalized spacial score (nSPS) is 10.3. The van der Waals surface area contributed by atoms with E-state index in [-0.39, 0.29) is 12.5 Å². The number of methoxy groups -OCH3 is 2. The third kappa shape index (κ3) is 4.35. The molecule has 0 saturated heterocycles. The van der Waals surface area contributed by atoms with E-state index in [1.807, 2.05) is 0 Å². The van der Waals surface area contributed by atoms with E-state index >= 15 is 0 Å². The van der Waals surface area contributed by atoms with Crippen LogP contribution in [-0.2, 0) is 0 Å². The molecule has 3 rings (SSSR count). The predicted octanol–water partition coefficient (Wildman–Crippen LogP) is 2.56. The molecule has 8 nitrogen and oxygen atoms in total. The van der Waals surface area contributed by atoms with Crippen molar-refractivity contribution in [2.45, 2.75) is 0 Å². The summed E-state index contributed by atoms with van der Waals surface area (Å²) >= 11 is 0. The summed E-state index contributed by atoms with van der Waals surface area (Å²) in [5, 5.41) is 10.8. The van der Waals surface area contributed by atoms with E-state index in [2.05, 4.69) is 15.5 Å². The molecule has 0 fully saturated rings. The molecule has 8 heteroatoms. The lowest BCUT2D eigenvalue weighted by molar-refractivity contribution is 0.0943. The number of para-hydroxylation sites is 1. The van der Waals surface area contributed by atoms with E-state index in [0.29, 0.717) is 40.9 Å². The van der Waals surface area contributed by atoms with Gasteiger partial charge in [0, 0.05) is 6.07 Å². The summed E-state index contributed by atoms with van der Waals surface area (Å²) in [5.74, 6) is 1.59. The Morgan fingerprint density at radius 3 is 2.63 bits per heavy atom. The van der Waals surface area contributed by atoms with Crippen LogP contribution in [0.1, 0.15) is 10.4 Å². The fraction of sp³-hybridized carbons (Fsp3) is 0.211. The molecule has 0 aliphatic rings. The average Bonchev–Trinajstić information content (AvgIpc) is 3.25. The summed E-state index contributed by atoms with van der Waals surface area (Å²) in [6.07, 6.45) is 1.57. The third-order valence-corrected chi connectivity index (χ3v) is 3.70. The molecule has 0 radical (unpaired) electrons. The van der Waals surface area contributed by atoms with Gasteiger partial charge < -0.3 is 23.9 Å². The molecule has 0 atom stereocenters. The first-order valence-electron chi connectivity index (χ1n) is 8.22. The molecule has 1 amide bonds. The molecule has 27 heavy (non-hydrogen) atoms. The van der Waals surface area contributed by atoms with Gasteiger partial charge in [-0.15, -0.1) is 10.2 Å². The number of hydrogen-bond acceptors (Lipinski definition) is 7. The Labute approximate surface area is 156 Å². The summed E-state index contributed by atoms with van der Waals surface area (Å²) in [6.45, 7) is 0.535. The Hall–Kier alpha value is -3.55. The molecule has 3 aromatic rings. The molecule has 0 spiro atoms. The van der Waals surface area contributed by atoms with Crippen molar-refractivity contribution < 1.29 is 23.4 Å². The smallest absolute Gasteiger partial charge is 0.255 e. The predicted molar refractivity (Wildman–Crippen MR) is 97.1 cm³/mol. The number of rotatable bonds is 8. The monoisotopic (exact) mass is 369 g/mol. The van der Waals surface area contributed by atoms with E-state index in [0.717, 1.165) is 0 Å². The van der Waals surface area contributed by atoms with Crippen molar-refractivity contribution in [3.05, 3.63) is 54.3 Å². The minimum absolute atomic E-state index is 0.243. The number of carbonyl (C=O) groups is 1. The van der Waals surface area contributed by atoms with Crippen LogP contribution in [0.4, 0.5) is 0 Å². The van der Waals surface area contributed by atoms with Gasteiger partial charge in [-0.1, -0.05) is 6.07 Å². The Morgan fingerprint density at radius 2 is 1.96 bits per heavy atom. The van der Waals surface area contributed by atoms with Gasteiger partial charge in [-0.2, -0.15) is 0 Å². The second-order valence-corrected chi connectivity index (χ2v) is 5.38. The zero-order valence-electron chi connectivity index (χ0n) is 15.0. The largest absolute Gasteiger partial charge is 0.493 e. The highest BCUT2D eigenvalue weighted by molar-refractivity contribution is 5.97. The fourth-order valence-corrected chi connectivity index (χ4v) is 2.43. The summed E-state index contributed by atoms with van der Waals surface area (Å²) in [7, 11) is 3.01. The minimum Gasteiger partial charge on any atom is -0.493 e. The SMILES string of the molecule is COc1cccc(C(=O)NCCOc2ccc(-c3ccco3)nn2)c1OC. The number of benzene rings is 1. The van der Waals surface area contributed by atoms with Crippen molar-refractivity contribution in [1.29, 1.82) is 0 Å². The Kier molecular flexibility index (Phi) is 5.88. The van der Waals surface area contributed by atoms with Crippen LogP contribution in [-0.4, -0.2) is 43.5 Å². The number of carbonyl (C=O) groups excluding carboxylic acids is 1. The lowest BCUT2D eigenvalue weighted by atomic mass is 10.1. The highest BCUT2D eigenvalue weighted by atomic mass is 16.5. The topological polar surface area (TPSA) is 95.7 Å². The first-order chi connectivity index (χ1) is 13.2. The molecule has 2 heterocycles. The van der Waals surface area contributed by atoms with Crippen molar-refractivity contribution in [3.8, 4) is 28.8 Å². The van der Waals surface area contributed by atoms with Crippen molar-refractivity contribution in [2.24, 2.45) is 0 Å². The highest BCUT2D eigenvalue weighted by Crippen LogP contribution is 2.30. The van der Waals surface area contributed by atoms with E-state index in [4.69, 9.17) is 18.6 Å². The summed E-state index contributed by atoms with van der Waals surface area (Å²) < 4.78 is 21.2. The number of nitrogens with one attached hydrogen (secondary N) is 1. The minimum atomic E-state index is -0.284. The Bertz CT molecular complexity index is 879. The first kappa shape index (κ1) is 18.2. The number of amides is 1. The molecular formula is C19H19N3O5. The fourth-order valence-electron chi connectivity index (χ4n) is 2.43. The maximum absolute atomic E-state index is 12.3. The van der Waals surface area contributed by atoms with Crippen LogP contribution >= 0.6 is 0 Å². The molecule has 1 N–H and O–H groups in total. The van der Waals surface area contributed by atoms with Gasteiger partial charge in [0.05, 0.1) is 32.6 Å². The van der Waals surface area contributed by atoms with Gasteiger partial charge in [0.15, 0.2) is 17.3 Å². The maximum atomic E-state index is 12.3. The van der Waals surface area contributed by atoms with Crippen LogP contribution in [0.5, 0.6) is 17.4 Å². The van der Waals surface area contributed by atoms with Crippen LogP contribution in [0.25, 0.3) is 11.5 Å². The van der Waals surface area contributed by atoms with Gasteiger partial charge in [-0.05, 0) is 30.3 Å². The second-order valence-electron chi connectivity index (χ2n) is 5.38. The summed E-state index contributed by atoms with van der Waals surface area (Å²) in [5.41, 5.74) is 1.00. The molecule has 0 bridgehead atoms. The van der Waals surface area contributed by atoms with Crippen LogP contribution in [0.15, 0.2) is 53.1 Å². The number of nitrogens with zero attached hydrogens (tertiary/aromatic N) is 2. The third-order valence-electron chi connectivity index (χ3n) is 3.70. The van der Waals surface area contributed by atoms with Gasteiger partial charge in [0.25, 0.3) is 5.91 Å². The maximum Gasteiger partial charge on any atom is 0.255 e. The second kappa shape index (κ2) is 8.70. The van der Waals surface area contributed by atoms with Gasteiger partial charge in [-0.3, -0.25) is 4.79 Å². The molecule has 0 unspecified atom stereocenters. The Balaban J connectivity index is 1.51. The van der Waals surface area contributed by atoms with Gasteiger partial charge in [0.2, 0.25) is 5.88 Å². The van der Waals surface area contributed by atoms with Crippen LogP contribution in [0.2, 0.25) is 0 Å². The molecular weight excluding hydrogens is 350 g/mol. The Morgan fingerprint density at radius 1 is 1.07 bits per heavy atom. The molecule has 1 aromatic carbocycles. The van der Waals surface area contributed by atoms with Crippen LogP contribution in [0.3, 0.4) is 0 Å². The standard InChI is InChI=1S/C19H19N3O5/c1-24-16-6-3-5-13(18(16)25-2)19(23)20-10-12-27-17-9-8-14(21-22-17)15-7-4-11-26-15/h3-9,11H,10,12H2,1-2H3,(H,20,23). The van der Waals surface area contributed by atoms with Crippen molar-refractivity contribution in [2.75, 3.05) is 27.4 Å². The molecule has 0 aliphatic heterocycles. The van der Waals surface area contributed by atoms with E-state index < -0.39 is 0 Å². The summed E-state index contributed by atoms with van der Waals surface area (Å²) in [6, 6.07) is 12.1. The molecule has 140 valence electrons. The van der Waals surface area contributed by atoms with E-state index in [1.54, 1.807) is 48.7 Å². The molecule has 2 aromatic heterocycles. The molecule has 0 aliphatic carbocycles. The van der Waals surface area contributed by atoms with Gasteiger partial charge >= 0.3 is 0 Å². The number of ether oxygens (including phenoxy) is 3. The highest BCUT2D eigenvalue weighted by Gasteiger charge is 2.15.